The number of ether oxygens (including phenoxy) is 1. The third-order valence-corrected chi connectivity index (χ3v) is 2.91. The number of esters is 1. The molecule has 0 aliphatic rings. The summed E-state index contributed by atoms with van der Waals surface area (Å²) in [4.78, 5) is 23.0. The van der Waals surface area contributed by atoms with Gasteiger partial charge in [0.1, 0.15) is 9.71 Å². The number of hydrogen-bond acceptors (Lipinski definition) is 6. The summed E-state index contributed by atoms with van der Waals surface area (Å²) >= 11 is 1.87. The summed E-state index contributed by atoms with van der Waals surface area (Å²) in [6, 6.07) is -1.23. The van der Waals surface area contributed by atoms with E-state index in [4.69, 9.17) is 8.92 Å². The van der Waals surface area contributed by atoms with Gasteiger partial charge in [0.15, 0.2) is 6.04 Å². The number of halogens is 1. The van der Waals surface area contributed by atoms with Gasteiger partial charge in [0.2, 0.25) is 5.91 Å². The quantitative estimate of drug-likeness (QED) is 0.299. The van der Waals surface area contributed by atoms with E-state index in [1.807, 2.05) is 22.6 Å². The number of hydrogen-bond donors (Lipinski definition) is 1. The molecule has 0 rings (SSSR count). The van der Waals surface area contributed by atoms with Gasteiger partial charge in [0, 0.05) is 6.92 Å². The molecule has 7 nitrogen and oxygen atoms in total. The normalized spacial score (nSPS) is 15.5. The van der Waals surface area contributed by atoms with E-state index >= 15 is 0 Å². The maximum Gasteiger partial charge on any atom is 0.332 e. The molecule has 0 heterocycles. The molecule has 112 valence electrons. The zero-order chi connectivity index (χ0) is 15.4. The number of carbonyl (C=O) groups excluding carboxylic acids is 2. The van der Waals surface area contributed by atoms with Gasteiger partial charge >= 0.3 is 5.97 Å². The van der Waals surface area contributed by atoms with Crippen molar-refractivity contribution in [3.8, 4) is 0 Å². The van der Waals surface area contributed by atoms with Crippen LogP contribution in [-0.2, 0) is 28.6 Å². The van der Waals surface area contributed by atoms with Gasteiger partial charge in [0.25, 0.3) is 10.1 Å². The molecule has 0 bridgehead atoms. The van der Waals surface area contributed by atoms with E-state index in [9.17, 15) is 18.0 Å². The fourth-order valence-electron chi connectivity index (χ4n) is 1.39. The second-order valence-corrected chi connectivity index (χ2v) is 7.83. The number of amides is 1. The van der Waals surface area contributed by atoms with Crippen LogP contribution in [0.5, 0.6) is 0 Å². The molecule has 0 aromatic rings. The van der Waals surface area contributed by atoms with Crippen LogP contribution in [0.2, 0.25) is 0 Å². The first-order chi connectivity index (χ1) is 8.35. The average Bonchev–Trinajstić information content (AvgIpc) is 2.07. The minimum Gasteiger partial charge on any atom is -0.450 e. The molecule has 19 heavy (non-hydrogen) atoms. The van der Waals surface area contributed by atoms with Crippen LogP contribution >= 0.6 is 22.6 Å². The van der Waals surface area contributed by atoms with Crippen LogP contribution in [-0.4, -0.2) is 42.3 Å². The van der Waals surface area contributed by atoms with Crippen LogP contribution in [0.15, 0.2) is 0 Å². The zero-order valence-electron chi connectivity index (χ0n) is 11.4. The highest BCUT2D eigenvalue weighted by Gasteiger charge is 2.41. The van der Waals surface area contributed by atoms with E-state index < -0.39 is 37.7 Å². The van der Waals surface area contributed by atoms with Crippen LogP contribution < -0.4 is 5.32 Å². The highest BCUT2D eigenvalue weighted by Crippen LogP contribution is 2.20. The SMILES string of the molecule is CC(=O)NC(C(=O)OC(C)I)C(C)(C)OS(C)(=O)=O. The fourth-order valence-corrected chi connectivity index (χ4v) is 2.51. The van der Waals surface area contributed by atoms with Crippen LogP contribution in [0.25, 0.3) is 0 Å². The van der Waals surface area contributed by atoms with Gasteiger partial charge in [-0.15, -0.1) is 0 Å². The number of alkyl halides is 1. The summed E-state index contributed by atoms with van der Waals surface area (Å²) in [5.41, 5.74) is -1.46. The van der Waals surface area contributed by atoms with E-state index in [2.05, 4.69) is 5.32 Å². The van der Waals surface area contributed by atoms with Crippen molar-refractivity contribution in [1.82, 2.24) is 5.32 Å². The Morgan fingerprint density at radius 2 is 1.79 bits per heavy atom. The zero-order valence-corrected chi connectivity index (χ0v) is 14.4. The van der Waals surface area contributed by atoms with Crippen molar-refractivity contribution in [3.05, 3.63) is 0 Å². The minimum absolute atomic E-state index is 0.421. The lowest BCUT2D eigenvalue weighted by Gasteiger charge is -2.31. The smallest absolute Gasteiger partial charge is 0.332 e. The number of nitrogens with one attached hydrogen (secondary N) is 1. The van der Waals surface area contributed by atoms with Gasteiger partial charge in [0.05, 0.1) is 6.26 Å². The molecular weight excluding hydrogens is 389 g/mol. The lowest BCUT2D eigenvalue weighted by atomic mass is 9.99. The molecule has 0 aliphatic heterocycles. The summed E-state index contributed by atoms with van der Waals surface area (Å²) in [5, 5.41) is 2.34. The van der Waals surface area contributed by atoms with E-state index in [0.29, 0.717) is 0 Å². The Bertz CT molecular complexity index is 445. The van der Waals surface area contributed by atoms with Gasteiger partial charge < -0.3 is 10.1 Å². The Labute approximate surface area is 126 Å². The highest BCUT2D eigenvalue weighted by atomic mass is 127. The second-order valence-electron chi connectivity index (χ2n) is 4.50. The van der Waals surface area contributed by atoms with Crippen LogP contribution in [0.1, 0.15) is 27.7 Å². The van der Waals surface area contributed by atoms with Crippen molar-refractivity contribution in [1.29, 1.82) is 0 Å². The molecule has 1 amide bonds. The topological polar surface area (TPSA) is 98.8 Å². The van der Waals surface area contributed by atoms with E-state index in [1.54, 1.807) is 6.92 Å². The van der Waals surface area contributed by atoms with Crippen LogP contribution in [0.4, 0.5) is 0 Å². The Morgan fingerprint density at radius 1 is 1.32 bits per heavy atom. The molecule has 0 saturated heterocycles. The second kappa shape index (κ2) is 6.84. The van der Waals surface area contributed by atoms with Crippen molar-refractivity contribution >= 4 is 44.6 Å². The van der Waals surface area contributed by atoms with Crippen molar-refractivity contribution in [2.75, 3.05) is 6.26 Å². The molecule has 2 atom stereocenters. The summed E-state index contributed by atoms with van der Waals surface area (Å²) < 4.78 is 31.8. The van der Waals surface area contributed by atoms with E-state index in [1.165, 1.54) is 20.8 Å². The largest absolute Gasteiger partial charge is 0.450 e. The molecule has 2 unspecified atom stereocenters. The summed E-state index contributed by atoms with van der Waals surface area (Å²) in [6.07, 6.45) is 0.867. The van der Waals surface area contributed by atoms with Gasteiger partial charge in [-0.25, -0.2) is 4.79 Å². The van der Waals surface area contributed by atoms with E-state index in [0.717, 1.165) is 6.26 Å². The monoisotopic (exact) mass is 407 g/mol. The Hall–Kier alpha value is -0.420. The van der Waals surface area contributed by atoms with Gasteiger partial charge in [-0.2, -0.15) is 8.42 Å². The molecule has 0 saturated carbocycles. The minimum atomic E-state index is -3.79. The average molecular weight is 407 g/mol. The first-order valence-electron chi connectivity index (χ1n) is 5.37. The molecule has 0 spiro atoms. The first-order valence-corrected chi connectivity index (χ1v) is 8.43. The fraction of sp³-hybridized carbons (Fsp3) is 0.800. The van der Waals surface area contributed by atoms with Crippen molar-refractivity contribution in [2.24, 2.45) is 0 Å². The lowest BCUT2D eigenvalue weighted by molar-refractivity contribution is -0.153. The van der Waals surface area contributed by atoms with Crippen LogP contribution in [0, 0.1) is 0 Å². The van der Waals surface area contributed by atoms with Gasteiger partial charge in [-0.05, 0) is 43.4 Å². The van der Waals surface area contributed by atoms with Gasteiger partial charge in [-0.1, -0.05) is 0 Å². The standard InChI is InChI=1S/C10H18INO6S/c1-6(11)17-9(14)8(12-7(2)13)10(3,4)18-19(5,15)16/h6,8H,1-5H3,(H,12,13). The maximum atomic E-state index is 11.9. The molecule has 9 heteroatoms. The Morgan fingerprint density at radius 3 is 2.11 bits per heavy atom. The number of carbonyl (C=O) groups is 2. The first kappa shape index (κ1) is 18.6. The lowest BCUT2D eigenvalue weighted by Crippen LogP contribution is -2.56. The third-order valence-electron chi connectivity index (χ3n) is 1.92. The molecule has 0 aromatic heterocycles. The Balaban J connectivity index is 5.22. The molecule has 0 radical (unpaired) electrons. The van der Waals surface area contributed by atoms with E-state index in [-0.39, 0.29) is 0 Å². The predicted octanol–water partition coefficient (Wildman–Crippen LogP) is 0.570. The molecule has 1 N–H and O–H groups in total. The predicted molar refractivity (Wildman–Crippen MR) is 77.2 cm³/mol. The molecule has 0 aliphatic carbocycles. The summed E-state index contributed by atoms with van der Waals surface area (Å²) in [5.74, 6) is -1.25. The summed E-state index contributed by atoms with van der Waals surface area (Å²) in [6.45, 7) is 5.61. The molecule has 0 fully saturated rings. The number of rotatable bonds is 6. The maximum absolute atomic E-state index is 11.9. The highest BCUT2D eigenvalue weighted by molar-refractivity contribution is 14.1. The van der Waals surface area contributed by atoms with Crippen molar-refractivity contribution in [3.63, 3.8) is 0 Å². The third kappa shape index (κ3) is 7.67. The summed E-state index contributed by atoms with van der Waals surface area (Å²) in [7, 11) is -3.79. The van der Waals surface area contributed by atoms with Crippen molar-refractivity contribution < 1.29 is 26.9 Å². The molecule has 0 aromatic carbocycles. The van der Waals surface area contributed by atoms with Gasteiger partial charge in [-0.3, -0.25) is 8.98 Å². The molecular formula is C10H18INO6S. The van der Waals surface area contributed by atoms with Crippen LogP contribution in [0.3, 0.4) is 0 Å². The van der Waals surface area contributed by atoms with Crippen molar-refractivity contribution in [2.45, 2.75) is 43.4 Å². The Kier molecular flexibility index (Phi) is 6.69.